The summed E-state index contributed by atoms with van der Waals surface area (Å²) in [6.07, 6.45) is 2.77. The number of likely N-dealkylation sites (tertiary alicyclic amines) is 1. The zero-order chi connectivity index (χ0) is 30.1. The predicted molar refractivity (Wildman–Crippen MR) is 161 cm³/mol. The number of piperazine rings is 1. The van der Waals surface area contributed by atoms with Crippen molar-refractivity contribution in [3.63, 3.8) is 0 Å². The first-order chi connectivity index (χ1) is 20.7. The van der Waals surface area contributed by atoms with Crippen molar-refractivity contribution in [2.45, 2.75) is 44.0 Å². The fourth-order valence-corrected chi connectivity index (χ4v) is 7.11. The SMILES string of the molecule is Cc1cccc(C)c1-c1cc2nc(n1)NS(=O)(=O)c1cccc(c1)C(=O)N1CCN(C(=O)CCN3CCCC3)CC1CO2. The van der Waals surface area contributed by atoms with E-state index in [-0.39, 0.29) is 40.7 Å². The van der Waals surface area contributed by atoms with Crippen LogP contribution in [0.2, 0.25) is 0 Å². The fraction of sp³-hybridized carbons (Fsp3) is 0.419. The molecule has 12 heteroatoms. The third-order valence-corrected chi connectivity index (χ3v) is 9.74. The molecule has 4 bridgehead atoms. The zero-order valence-electron chi connectivity index (χ0n) is 24.5. The molecule has 1 atom stereocenters. The van der Waals surface area contributed by atoms with Gasteiger partial charge in [0.15, 0.2) is 0 Å². The number of carbonyl (C=O) groups excluding carboxylic acids is 2. The van der Waals surface area contributed by atoms with Gasteiger partial charge in [-0.05, 0) is 69.1 Å². The largest absolute Gasteiger partial charge is 0.475 e. The average molecular weight is 605 g/mol. The molecular weight excluding hydrogens is 568 g/mol. The molecule has 0 saturated carbocycles. The first-order valence-electron chi connectivity index (χ1n) is 14.7. The smallest absolute Gasteiger partial charge is 0.264 e. The number of nitrogens with one attached hydrogen (secondary N) is 1. The first-order valence-corrected chi connectivity index (χ1v) is 16.2. The Labute approximate surface area is 251 Å². The summed E-state index contributed by atoms with van der Waals surface area (Å²) in [5.74, 6) is -0.226. The molecule has 3 aromatic rings. The fourth-order valence-electron chi connectivity index (χ4n) is 6.12. The van der Waals surface area contributed by atoms with Gasteiger partial charge in [-0.2, -0.15) is 4.98 Å². The van der Waals surface area contributed by atoms with Gasteiger partial charge in [-0.15, -0.1) is 0 Å². The molecule has 1 N–H and O–H groups in total. The highest BCUT2D eigenvalue weighted by atomic mass is 32.2. The van der Waals surface area contributed by atoms with Crippen LogP contribution in [0.3, 0.4) is 0 Å². The number of anilines is 1. The predicted octanol–water partition coefficient (Wildman–Crippen LogP) is 3.09. The lowest BCUT2D eigenvalue weighted by Crippen LogP contribution is -2.58. The highest BCUT2D eigenvalue weighted by molar-refractivity contribution is 7.92. The number of fused-ring (bicyclic) bond motifs is 5. The number of rotatable bonds is 4. The van der Waals surface area contributed by atoms with Crippen molar-refractivity contribution < 1.29 is 22.7 Å². The number of hydrogen-bond donors (Lipinski definition) is 1. The molecule has 2 amide bonds. The lowest BCUT2D eigenvalue weighted by Gasteiger charge is -2.41. The number of amides is 2. The number of nitrogens with zero attached hydrogens (tertiary/aromatic N) is 5. The van der Waals surface area contributed by atoms with Gasteiger partial charge in [0.05, 0.1) is 16.6 Å². The summed E-state index contributed by atoms with van der Waals surface area (Å²) < 4.78 is 35.5. The third-order valence-electron chi connectivity index (χ3n) is 8.42. The van der Waals surface area contributed by atoms with Crippen molar-refractivity contribution in [2.24, 2.45) is 0 Å². The summed E-state index contributed by atoms with van der Waals surface area (Å²) >= 11 is 0. The van der Waals surface area contributed by atoms with Crippen LogP contribution in [0.15, 0.2) is 53.4 Å². The highest BCUT2D eigenvalue weighted by Crippen LogP contribution is 2.30. The molecule has 0 aliphatic carbocycles. The highest BCUT2D eigenvalue weighted by Gasteiger charge is 2.34. The van der Waals surface area contributed by atoms with Crippen LogP contribution in [0.4, 0.5) is 5.95 Å². The van der Waals surface area contributed by atoms with Crippen LogP contribution < -0.4 is 9.46 Å². The molecule has 43 heavy (non-hydrogen) atoms. The minimum Gasteiger partial charge on any atom is -0.475 e. The summed E-state index contributed by atoms with van der Waals surface area (Å²) in [6.45, 7) is 7.79. The van der Waals surface area contributed by atoms with E-state index in [4.69, 9.17) is 4.74 Å². The molecule has 6 rings (SSSR count). The van der Waals surface area contributed by atoms with Crippen molar-refractivity contribution in [2.75, 3.05) is 50.6 Å². The second-order valence-corrected chi connectivity index (χ2v) is 13.1. The summed E-state index contributed by atoms with van der Waals surface area (Å²) in [6, 6.07) is 13.0. The minimum atomic E-state index is -4.12. The molecular formula is C31H36N6O5S. The van der Waals surface area contributed by atoms with Crippen LogP contribution in [-0.2, 0) is 14.8 Å². The Morgan fingerprint density at radius 1 is 1.00 bits per heavy atom. The summed E-state index contributed by atoms with van der Waals surface area (Å²) in [5.41, 5.74) is 3.54. The Kier molecular flexibility index (Phi) is 8.06. The van der Waals surface area contributed by atoms with Crippen LogP contribution in [0.5, 0.6) is 5.88 Å². The van der Waals surface area contributed by atoms with E-state index in [9.17, 15) is 18.0 Å². The number of benzene rings is 2. The molecule has 2 aromatic carbocycles. The van der Waals surface area contributed by atoms with Crippen LogP contribution in [0, 0.1) is 13.8 Å². The molecule has 3 aliphatic heterocycles. The van der Waals surface area contributed by atoms with Gasteiger partial charge in [-0.3, -0.25) is 9.59 Å². The van der Waals surface area contributed by atoms with Crippen LogP contribution in [-0.4, -0.2) is 96.8 Å². The average Bonchev–Trinajstić information content (AvgIpc) is 3.51. The van der Waals surface area contributed by atoms with Crippen LogP contribution in [0.1, 0.15) is 40.7 Å². The number of ether oxygens (including phenoxy) is 1. The minimum absolute atomic E-state index is 0.0563. The summed E-state index contributed by atoms with van der Waals surface area (Å²) in [7, 11) is -4.12. The molecule has 11 nitrogen and oxygen atoms in total. The van der Waals surface area contributed by atoms with Crippen molar-refractivity contribution >= 4 is 27.8 Å². The lowest BCUT2D eigenvalue weighted by atomic mass is 10.00. The number of hydrogen-bond acceptors (Lipinski definition) is 8. The second kappa shape index (κ2) is 11.9. The van der Waals surface area contributed by atoms with Gasteiger partial charge < -0.3 is 19.4 Å². The normalized spacial score (nSPS) is 20.2. The van der Waals surface area contributed by atoms with Crippen molar-refractivity contribution in [1.82, 2.24) is 24.7 Å². The lowest BCUT2D eigenvalue weighted by molar-refractivity contribution is -0.134. The molecule has 1 unspecified atom stereocenters. The van der Waals surface area contributed by atoms with Gasteiger partial charge >= 0.3 is 0 Å². The topological polar surface area (TPSA) is 125 Å². The Morgan fingerprint density at radius 2 is 1.74 bits per heavy atom. The summed E-state index contributed by atoms with van der Waals surface area (Å²) in [5, 5.41) is 0. The summed E-state index contributed by atoms with van der Waals surface area (Å²) in [4.78, 5) is 41.6. The van der Waals surface area contributed by atoms with E-state index in [1.165, 1.54) is 25.0 Å². The molecule has 4 heterocycles. The standard InChI is InChI=1S/C31H36N6O5S/c1-21-7-5-8-22(2)29(21)26-18-27-33-31(32-26)34-43(40,41)25-10-6-9-23(17-25)30(39)37-16-15-36(19-24(37)20-42-27)28(38)11-14-35-12-3-4-13-35/h5-10,17-18,24H,3-4,11-16,19-20H2,1-2H3,(H,32,33,34). The van der Waals surface area contributed by atoms with E-state index in [1.54, 1.807) is 23.1 Å². The number of sulfonamides is 1. The van der Waals surface area contributed by atoms with E-state index < -0.39 is 16.1 Å². The quantitative estimate of drug-likeness (QED) is 0.482. The van der Waals surface area contributed by atoms with Gasteiger partial charge in [-0.25, -0.2) is 18.1 Å². The number of carbonyl (C=O) groups is 2. The van der Waals surface area contributed by atoms with Gasteiger partial charge in [0.25, 0.3) is 15.9 Å². The maximum absolute atomic E-state index is 13.8. The van der Waals surface area contributed by atoms with Crippen LogP contribution in [0.25, 0.3) is 11.3 Å². The Balaban J connectivity index is 1.35. The zero-order valence-corrected chi connectivity index (χ0v) is 25.3. The van der Waals surface area contributed by atoms with Gasteiger partial charge in [-0.1, -0.05) is 24.3 Å². The maximum atomic E-state index is 13.8. The monoisotopic (exact) mass is 604 g/mol. The third kappa shape index (κ3) is 6.21. The van der Waals surface area contributed by atoms with Gasteiger partial charge in [0.1, 0.15) is 6.61 Å². The van der Waals surface area contributed by atoms with E-state index >= 15 is 0 Å². The molecule has 1 aromatic heterocycles. The number of aromatic nitrogens is 2. The Bertz CT molecular complexity index is 1640. The van der Waals surface area contributed by atoms with Crippen molar-refractivity contribution in [3.05, 3.63) is 65.2 Å². The Morgan fingerprint density at radius 3 is 2.51 bits per heavy atom. The Hall–Kier alpha value is -4.03. The van der Waals surface area contributed by atoms with E-state index in [0.717, 1.165) is 36.3 Å². The van der Waals surface area contributed by atoms with Crippen LogP contribution >= 0.6 is 0 Å². The van der Waals surface area contributed by atoms with Crippen molar-refractivity contribution in [3.8, 4) is 17.1 Å². The molecule has 2 saturated heterocycles. The molecule has 3 aliphatic rings. The molecule has 0 spiro atoms. The maximum Gasteiger partial charge on any atom is 0.264 e. The second-order valence-electron chi connectivity index (χ2n) is 11.4. The first kappa shape index (κ1) is 29.1. The van der Waals surface area contributed by atoms with E-state index in [1.807, 2.05) is 36.9 Å². The molecule has 2 fully saturated rings. The van der Waals surface area contributed by atoms with Gasteiger partial charge in [0.2, 0.25) is 17.7 Å². The van der Waals surface area contributed by atoms with Crippen molar-refractivity contribution in [1.29, 1.82) is 0 Å². The molecule has 226 valence electrons. The van der Waals surface area contributed by atoms with Gasteiger partial charge in [0, 0.05) is 49.8 Å². The number of aryl methyl sites for hydroxylation is 2. The van der Waals surface area contributed by atoms with E-state index in [2.05, 4.69) is 19.6 Å². The van der Waals surface area contributed by atoms with E-state index in [0.29, 0.717) is 31.7 Å². The molecule has 0 radical (unpaired) electrons.